The molecule has 1 saturated carbocycles. The van der Waals surface area contributed by atoms with Crippen LogP contribution < -0.4 is 5.32 Å². The summed E-state index contributed by atoms with van der Waals surface area (Å²) in [6, 6.07) is 4.48. The lowest BCUT2D eigenvalue weighted by Crippen LogP contribution is -2.38. The number of amides is 2. The highest BCUT2D eigenvalue weighted by atomic mass is 19.4. The van der Waals surface area contributed by atoms with Gasteiger partial charge in [0.15, 0.2) is 0 Å². The molecule has 118 valence electrons. The first-order valence-corrected chi connectivity index (χ1v) is 7.13. The molecule has 1 heterocycles. The minimum Gasteiger partial charge on any atom is -0.347 e. The largest absolute Gasteiger partial charge is 0.417 e. The minimum absolute atomic E-state index is 0.0445. The van der Waals surface area contributed by atoms with E-state index in [0.717, 1.165) is 25.0 Å². The second kappa shape index (κ2) is 5.30. The third-order valence-corrected chi connectivity index (χ3v) is 3.96. The summed E-state index contributed by atoms with van der Waals surface area (Å²) in [5.41, 5.74) is -1.37. The Morgan fingerprint density at radius 2 is 1.91 bits per heavy atom. The van der Waals surface area contributed by atoms with Crippen LogP contribution in [0, 0.1) is 0 Å². The predicted molar refractivity (Wildman–Crippen MR) is 72.1 cm³/mol. The van der Waals surface area contributed by atoms with Crippen molar-refractivity contribution in [1.29, 1.82) is 0 Å². The maximum Gasteiger partial charge on any atom is 0.417 e. The number of nitrogens with one attached hydrogen (secondary N) is 1. The summed E-state index contributed by atoms with van der Waals surface area (Å²) in [5, 5.41) is 2.55. The predicted octanol–water partition coefficient (Wildman–Crippen LogP) is 2.20. The van der Waals surface area contributed by atoms with E-state index in [9.17, 15) is 22.8 Å². The molecule has 1 aliphatic carbocycles. The van der Waals surface area contributed by atoms with Gasteiger partial charge < -0.3 is 10.2 Å². The molecule has 0 unspecified atom stereocenters. The lowest BCUT2D eigenvalue weighted by molar-refractivity contribution is -0.138. The number of benzene rings is 1. The zero-order valence-electron chi connectivity index (χ0n) is 11.7. The topological polar surface area (TPSA) is 49.4 Å². The van der Waals surface area contributed by atoms with Gasteiger partial charge in [0.1, 0.15) is 0 Å². The lowest BCUT2D eigenvalue weighted by Gasteiger charge is -2.17. The van der Waals surface area contributed by atoms with E-state index < -0.39 is 29.3 Å². The van der Waals surface area contributed by atoms with Gasteiger partial charge in [-0.1, -0.05) is 12.1 Å². The van der Waals surface area contributed by atoms with Crippen LogP contribution in [0.2, 0.25) is 0 Å². The van der Waals surface area contributed by atoms with Crippen molar-refractivity contribution in [2.24, 2.45) is 0 Å². The van der Waals surface area contributed by atoms with Gasteiger partial charge in [-0.3, -0.25) is 9.59 Å². The van der Waals surface area contributed by atoms with E-state index in [1.807, 2.05) is 0 Å². The van der Waals surface area contributed by atoms with Crippen LogP contribution in [0.4, 0.5) is 13.2 Å². The number of nitrogens with zero attached hydrogens (tertiary/aromatic N) is 1. The average Bonchev–Trinajstić information content (AvgIpc) is 3.22. The number of alkyl halides is 3. The van der Waals surface area contributed by atoms with Crippen molar-refractivity contribution >= 4 is 11.8 Å². The van der Waals surface area contributed by atoms with E-state index >= 15 is 0 Å². The van der Waals surface area contributed by atoms with E-state index in [4.69, 9.17) is 0 Å². The molecule has 0 radical (unpaired) electrons. The fraction of sp³-hybridized carbons (Fsp3) is 0.467. The summed E-state index contributed by atoms with van der Waals surface area (Å²) < 4.78 is 38.8. The molecule has 1 N–H and O–H groups in total. The van der Waals surface area contributed by atoms with Crippen LogP contribution >= 0.6 is 0 Å². The fourth-order valence-electron chi connectivity index (χ4n) is 2.76. The van der Waals surface area contributed by atoms with Crippen molar-refractivity contribution < 1.29 is 22.8 Å². The number of carbonyl (C=O) groups is 2. The molecule has 0 aromatic heterocycles. The second-order valence-electron chi connectivity index (χ2n) is 5.70. The average molecular weight is 312 g/mol. The fourth-order valence-corrected chi connectivity index (χ4v) is 2.76. The van der Waals surface area contributed by atoms with E-state index in [1.54, 1.807) is 4.90 Å². The highest BCUT2D eigenvalue weighted by molar-refractivity contribution is 5.96. The van der Waals surface area contributed by atoms with Crippen molar-refractivity contribution in [3.05, 3.63) is 35.4 Å². The van der Waals surface area contributed by atoms with Crippen LogP contribution in [0.1, 0.15) is 35.2 Å². The highest BCUT2D eigenvalue weighted by Crippen LogP contribution is 2.33. The molecule has 4 nitrogen and oxygen atoms in total. The molecule has 0 spiro atoms. The first-order valence-electron chi connectivity index (χ1n) is 7.13. The van der Waals surface area contributed by atoms with Gasteiger partial charge in [-0.25, -0.2) is 0 Å². The zero-order chi connectivity index (χ0) is 15.9. The standard InChI is InChI=1S/C15H15F3N2O2/c16-15(17,18)12-4-2-1-3-11(12)14(22)19-9-7-13(21)20(8-9)10-5-6-10/h1-4,9-10H,5-8H2,(H,19,22)/t9-/m1/s1. The van der Waals surface area contributed by atoms with Crippen molar-refractivity contribution in [3.8, 4) is 0 Å². The maximum absolute atomic E-state index is 12.9. The summed E-state index contributed by atoms with van der Waals surface area (Å²) in [7, 11) is 0. The SMILES string of the molecule is O=C(N[C@@H]1CC(=O)N(C2CC2)C1)c1ccccc1C(F)(F)F. The normalized spacial score (nSPS) is 22.0. The Bertz CT molecular complexity index is 611. The van der Waals surface area contributed by atoms with Gasteiger partial charge in [0.25, 0.3) is 5.91 Å². The van der Waals surface area contributed by atoms with Gasteiger partial charge >= 0.3 is 6.18 Å². The molecule has 3 rings (SSSR count). The molecule has 2 amide bonds. The Kier molecular flexibility index (Phi) is 3.58. The van der Waals surface area contributed by atoms with E-state index in [2.05, 4.69) is 5.32 Å². The number of hydrogen-bond donors (Lipinski definition) is 1. The Balaban J connectivity index is 1.72. The van der Waals surface area contributed by atoms with Crippen molar-refractivity contribution in [2.45, 2.75) is 37.5 Å². The molecular weight excluding hydrogens is 297 g/mol. The Labute approximate surface area is 125 Å². The quantitative estimate of drug-likeness (QED) is 0.930. The smallest absolute Gasteiger partial charge is 0.347 e. The van der Waals surface area contributed by atoms with Gasteiger partial charge in [0, 0.05) is 19.0 Å². The van der Waals surface area contributed by atoms with E-state index in [-0.39, 0.29) is 18.4 Å². The van der Waals surface area contributed by atoms with Gasteiger partial charge in [-0.2, -0.15) is 13.2 Å². The van der Waals surface area contributed by atoms with E-state index in [0.29, 0.717) is 6.54 Å². The van der Waals surface area contributed by atoms with Crippen LogP contribution in [0.3, 0.4) is 0 Å². The maximum atomic E-state index is 12.9. The zero-order valence-corrected chi connectivity index (χ0v) is 11.7. The van der Waals surface area contributed by atoms with E-state index in [1.165, 1.54) is 12.1 Å². The second-order valence-corrected chi connectivity index (χ2v) is 5.70. The number of halogens is 3. The molecule has 1 aromatic carbocycles. The van der Waals surface area contributed by atoms with Crippen molar-refractivity contribution in [2.75, 3.05) is 6.54 Å². The minimum atomic E-state index is -4.58. The molecule has 1 saturated heterocycles. The third-order valence-electron chi connectivity index (χ3n) is 3.96. The van der Waals surface area contributed by atoms with Gasteiger partial charge in [0.05, 0.1) is 17.2 Å². The van der Waals surface area contributed by atoms with Crippen LogP contribution in [-0.4, -0.2) is 35.3 Å². The molecule has 1 atom stereocenters. The molecule has 0 bridgehead atoms. The van der Waals surface area contributed by atoms with Crippen molar-refractivity contribution in [3.63, 3.8) is 0 Å². The monoisotopic (exact) mass is 312 g/mol. The molecule has 22 heavy (non-hydrogen) atoms. The third kappa shape index (κ3) is 2.93. The highest BCUT2D eigenvalue weighted by Gasteiger charge is 2.40. The van der Waals surface area contributed by atoms with Crippen LogP contribution in [0.25, 0.3) is 0 Å². The van der Waals surface area contributed by atoms with Crippen LogP contribution in [0.5, 0.6) is 0 Å². The molecule has 2 fully saturated rings. The lowest BCUT2D eigenvalue weighted by atomic mass is 10.1. The summed E-state index contributed by atoms with van der Waals surface area (Å²) in [5.74, 6) is -0.833. The molecule has 2 aliphatic rings. The summed E-state index contributed by atoms with van der Waals surface area (Å²) in [6.45, 7) is 0.378. The van der Waals surface area contributed by atoms with Crippen LogP contribution in [-0.2, 0) is 11.0 Å². The number of hydrogen-bond acceptors (Lipinski definition) is 2. The first kappa shape index (κ1) is 14.9. The Hall–Kier alpha value is -2.05. The van der Waals surface area contributed by atoms with Gasteiger partial charge in [-0.15, -0.1) is 0 Å². The molecular formula is C15H15F3N2O2. The summed E-state index contributed by atoms with van der Waals surface area (Å²) in [6.07, 6.45) is -2.51. The number of likely N-dealkylation sites (tertiary alicyclic amines) is 1. The summed E-state index contributed by atoms with van der Waals surface area (Å²) >= 11 is 0. The number of rotatable bonds is 3. The molecule has 1 aromatic rings. The van der Waals surface area contributed by atoms with Crippen LogP contribution in [0.15, 0.2) is 24.3 Å². The van der Waals surface area contributed by atoms with Gasteiger partial charge in [0.2, 0.25) is 5.91 Å². The summed E-state index contributed by atoms with van der Waals surface area (Å²) in [4.78, 5) is 25.6. The van der Waals surface area contributed by atoms with Gasteiger partial charge in [-0.05, 0) is 25.0 Å². The number of carbonyl (C=O) groups excluding carboxylic acids is 2. The Morgan fingerprint density at radius 3 is 2.55 bits per heavy atom. The molecule has 7 heteroatoms. The van der Waals surface area contributed by atoms with Crippen molar-refractivity contribution in [1.82, 2.24) is 10.2 Å². The molecule has 1 aliphatic heterocycles. The Morgan fingerprint density at radius 1 is 1.23 bits per heavy atom. The first-order chi connectivity index (χ1) is 10.4.